The maximum Gasteiger partial charge on any atom is 0.109 e. The highest BCUT2D eigenvalue weighted by Crippen LogP contribution is 2.45. The zero-order valence-electron chi connectivity index (χ0n) is 11.1. The number of nitrogens with zero attached hydrogens (tertiary/aromatic N) is 1. The van der Waals surface area contributed by atoms with E-state index in [-0.39, 0.29) is 0 Å². The molecule has 1 saturated carbocycles. The van der Waals surface area contributed by atoms with Crippen LogP contribution in [-0.4, -0.2) is 30.8 Å². The molecule has 90 valence electrons. The molecule has 1 saturated heterocycles. The lowest BCUT2D eigenvalue weighted by Crippen LogP contribution is -2.35. The summed E-state index contributed by atoms with van der Waals surface area (Å²) in [6, 6.07) is 0.724. The topological polar surface area (TPSA) is 3.24 Å². The van der Waals surface area contributed by atoms with Gasteiger partial charge in [-0.2, -0.15) is 0 Å². The summed E-state index contributed by atoms with van der Waals surface area (Å²) in [6.07, 6.45) is 6.63. The standard InChI is InChI=1S/C13H24BNS/c1-9-4-5-13(2,14)8-10-7-12(16)15(3)11(10)6-9/h9-11H,4-8,14H2,1-3H3. The largest absolute Gasteiger partial charge is 0.366 e. The van der Waals surface area contributed by atoms with E-state index in [1.165, 1.54) is 30.7 Å². The van der Waals surface area contributed by atoms with Crippen LogP contribution < -0.4 is 0 Å². The maximum absolute atomic E-state index is 5.48. The van der Waals surface area contributed by atoms with Crippen LogP contribution in [0, 0.1) is 11.8 Å². The Hall–Kier alpha value is -0.0451. The molecule has 1 aliphatic heterocycles. The first-order valence-corrected chi connectivity index (χ1v) is 7.05. The summed E-state index contributed by atoms with van der Waals surface area (Å²) < 4.78 is 0. The van der Waals surface area contributed by atoms with E-state index in [4.69, 9.17) is 12.2 Å². The van der Waals surface area contributed by atoms with Crippen molar-refractivity contribution in [3.63, 3.8) is 0 Å². The van der Waals surface area contributed by atoms with Gasteiger partial charge in [0.1, 0.15) is 7.85 Å². The highest BCUT2D eigenvalue weighted by molar-refractivity contribution is 7.80. The third-order valence-electron chi connectivity index (χ3n) is 4.64. The van der Waals surface area contributed by atoms with Crippen molar-refractivity contribution in [1.82, 2.24) is 4.90 Å². The highest BCUT2D eigenvalue weighted by Gasteiger charge is 2.40. The van der Waals surface area contributed by atoms with Crippen LogP contribution in [-0.2, 0) is 0 Å². The molecule has 0 bridgehead atoms. The molecular formula is C13H24BNS. The van der Waals surface area contributed by atoms with Gasteiger partial charge in [-0.05, 0) is 24.7 Å². The van der Waals surface area contributed by atoms with Crippen LogP contribution >= 0.6 is 12.2 Å². The monoisotopic (exact) mass is 237 g/mol. The Morgan fingerprint density at radius 1 is 1.50 bits per heavy atom. The van der Waals surface area contributed by atoms with E-state index in [0.717, 1.165) is 24.3 Å². The highest BCUT2D eigenvalue weighted by atomic mass is 32.1. The van der Waals surface area contributed by atoms with E-state index in [1.54, 1.807) is 0 Å². The molecule has 0 aromatic carbocycles. The van der Waals surface area contributed by atoms with Gasteiger partial charge in [0.05, 0.1) is 4.99 Å². The van der Waals surface area contributed by atoms with Gasteiger partial charge in [-0.3, -0.25) is 0 Å². The Morgan fingerprint density at radius 2 is 2.19 bits per heavy atom. The fourth-order valence-corrected chi connectivity index (χ4v) is 3.89. The molecule has 16 heavy (non-hydrogen) atoms. The minimum absolute atomic E-state index is 0.512. The third kappa shape index (κ3) is 2.44. The predicted octanol–water partition coefficient (Wildman–Crippen LogP) is 2.66. The van der Waals surface area contributed by atoms with Crippen LogP contribution in [0.4, 0.5) is 0 Å². The predicted molar refractivity (Wildman–Crippen MR) is 76.8 cm³/mol. The fraction of sp³-hybridized carbons (Fsp3) is 0.923. The van der Waals surface area contributed by atoms with Gasteiger partial charge in [-0.25, -0.2) is 0 Å². The van der Waals surface area contributed by atoms with Gasteiger partial charge >= 0.3 is 0 Å². The van der Waals surface area contributed by atoms with Crippen LogP contribution in [0.3, 0.4) is 0 Å². The molecule has 0 aromatic heterocycles. The van der Waals surface area contributed by atoms with E-state index in [9.17, 15) is 0 Å². The molecule has 1 nitrogen and oxygen atoms in total. The van der Waals surface area contributed by atoms with Crippen molar-refractivity contribution < 1.29 is 0 Å². The number of hydrogen-bond acceptors (Lipinski definition) is 1. The third-order valence-corrected chi connectivity index (χ3v) is 5.10. The summed E-state index contributed by atoms with van der Waals surface area (Å²) in [6.45, 7) is 4.84. The molecule has 0 spiro atoms. The van der Waals surface area contributed by atoms with Crippen LogP contribution in [0.1, 0.15) is 46.0 Å². The molecule has 0 amide bonds. The molecule has 2 rings (SSSR count). The number of thiocarbonyl (C=S) groups is 1. The molecule has 0 radical (unpaired) electrons. The number of likely N-dealkylation sites (tertiary alicyclic amines) is 1. The van der Waals surface area contributed by atoms with E-state index in [1.807, 2.05) is 0 Å². The number of rotatable bonds is 0. The summed E-state index contributed by atoms with van der Waals surface area (Å²) >= 11 is 5.48. The molecule has 2 aliphatic rings. The van der Waals surface area contributed by atoms with Gasteiger partial charge in [0, 0.05) is 19.5 Å². The molecule has 1 aliphatic carbocycles. The van der Waals surface area contributed by atoms with Crippen molar-refractivity contribution >= 4 is 25.1 Å². The Labute approximate surface area is 106 Å². The zero-order chi connectivity index (χ0) is 11.9. The smallest absolute Gasteiger partial charge is 0.109 e. The van der Waals surface area contributed by atoms with Gasteiger partial charge in [-0.15, -0.1) is 0 Å². The van der Waals surface area contributed by atoms with Crippen molar-refractivity contribution in [3.05, 3.63) is 0 Å². The average Bonchev–Trinajstić information content (AvgIpc) is 2.41. The second kappa shape index (κ2) is 4.32. The Bertz CT molecular complexity index is 290. The van der Waals surface area contributed by atoms with Gasteiger partial charge < -0.3 is 4.90 Å². The van der Waals surface area contributed by atoms with Gasteiger partial charge in [0.2, 0.25) is 0 Å². The van der Waals surface area contributed by atoms with E-state index < -0.39 is 0 Å². The Kier molecular flexibility index (Phi) is 3.35. The maximum atomic E-state index is 5.48. The number of hydrogen-bond donors (Lipinski definition) is 0. The molecule has 4 atom stereocenters. The van der Waals surface area contributed by atoms with Gasteiger partial charge in [0.25, 0.3) is 0 Å². The minimum Gasteiger partial charge on any atom is -0.366 e. The molecule has 1 heterocycles. The zero-order valence-corrected chi connectivity index (χ0v) is 11.9. The molecular weight excluding hydrogens is 213 g/mol. The molecule has 2 fully saturated rings. The van der Waals surface area contributed by atoms with Crippen molar-refractivity contribution in [2.24, 2.45) is 11.8 Å². The summed E-state index contributed by atoms with van der Waals surface area (Å²) in [5.74, 6) is 1.67. The van der Waals surface area contributed by atoms with Gasteiger partial charge in [0.15, 0.2) is 0 Å². The molecule has 0 N–H and O–H groups in total. The lowest BCUT2D eigenvalue weighted by molar-refractivity contribution is 0.204. The second-order valence-electron chi connectivity index (χ2n) is 6.78. The summed E-state index contributed by atoms with van der Waals surface area (Å²) in [4.78, 5) is 3.58. The van der Waals surface area contributed by atoms with E-state index in [2.05, 4.69) is 33.6 Å². The molecule has 4 unspecified atom stereocenters. The van der Waals surface area contributed by atoms with Crippen molar-refractivity contribution in [1.29, 1.82) is 0 Å². The SMILES string of the molecule is BC1(C)CCC(C)CC2C(CC(=S)N2C)C1. The second-order valence-corrected chi connectivity index (χ2v) is 7.26. The quantitative estimate of drug-likeness (QED) is 0.470. The first-order valence-electron chi connectivity index (χ1n) is 6.65. The van der Waals surface area contributed by atoms with Gasteiger partial charge in [-0.1, -0.05) is 44.2 Å². The summed E-state index contributed by atoms with van der Waals surface area (Å²) in [7, 11) is 4.64. The lowest BCUT2D eigenvalue weighted by atomic mass is 9.59. The van der Waals surface area contributed by atoms with Crippen molar-refractivity contribution in [2.75, 3.05) is 7.05 Å². The van der Waals surface area contributed by atoms with Crippen LogP contribution in [0.15, 0.2) is 0 Å². The molecule has 0 aromatic rings. The number of fused-ring (bicyclic) bond motifs is 1. The lowest BCUT2D eigenvalue weighted by Gasteiger charge is -2.37. The van der Waals surface area contributed by atoms with Crippen molar-refractivity contribution in [3.8, 4) is 0 Å². The van der Waals surface area contributed by atoms with E-state index >= 15 is 0 Å². The first-order chi connectivity index (χ1) is 7.39. The molecule has 3 heteroatoms. The Morgan fingerprint density at radius 3 is 2.88 bits per heavy atom. The average molecular weight is 237 g/mol. The summed E-state index contributed by atoms with van der Waals surface area (Å²) in [5.41, 5.74) is 0. The first kappa shape index (κ1) is 12.4. The fourth-order valence-electron chi connectivity index (χ4n) is 3.54. The minimum atomic E-state index is 0.512. The Balaban J connectivity index is 2.17. The van der Waals surface area contributed by atoms with Crippen LogP contribution in [0.25, 0.3) is 0 Å². The summed E-state index contributed by atoms with van der Waals surface area (Å²) in [5, 5.41) is 0.512. The van der Waals surface area contributed by atoms with Crippen LogP contribution in [0.2, 0.25) is 5.31 Å². The van der Waals surface area contributed by atoms with Crippen LogP contribution in [0.5, 0.6) is 0 Å². The normalized spacial score (nSPS) is 45.1. The van der Waals surface area contributed by atoms with E-state index in [0.29, 0.717) is 5.31 Å². The van der Waals surface area contributed by atoms with Crippen molar-refractivity contribution in [2.45, 2.75) is 57.3 Å².